The summed E-state index contributed by atoms with van der Waals surface area (Å²) in [7, 11) is 0. The van der Waals surface area contributed by atoms with Crippen molar-refractivity contribution in [2.24, 2.45) is 0 Å². The molecule has 0 heterocycles. The summed E-state index contributed by atoms with van der Waals surface area (Å²) in [4.78, 5) is 26.1. The van der Waals surface area contributed by atoms with Gasteiger partial charge in [-0.25, -0.2) is 0 Å². The molecule has 0 aromatic carbocycles. The minimum Gasteiger partial charge on any atom is -0.462 e. The van der Waals surface area contributed by atoms with Crippen molar-refractivity contribution < 1.29 is 24.5 Å². The van der Waals surface area contributed by atoms with E-state index in [1.54, 1.807) is 0 Å². The highest BCUT2D eigenvalue weighted by molar-refractivity contribution is 5.77. The summed E-state index contributed by atoms with van der Waals surface area (Å²) in [5, 5.41) is 23.8. The second-order valence-electron chi connectivity index (χ2n) is 17.9. The highest BCUT2D eigenvalue weighted by atomic mass is 16.5. The van der Waals surface area contributed by atoms with Crippen LogP contribution in [0.4, 0.5) is 0 Å². The maximum Gasteiger partial charge on any atom is 0.306 e. The lowest BCUT2D eigenvalue weighted by Gasteiger charge is -2.24. The molecule has 1 amide bonds. The zero-order valence-electron chi connectivity index (χ0n) is 41.9. The van der Waals surface area contributed by atoms with Crippen LogP contribution < -0.4 is 5.32 Å². The summed E-state index contributed by atoms with van der Waals surface area (Å²) in [6.45, 7) is 6.34. The molecule has 3 unspecified atom stereocenters. The van der Waals surface area contributed by atoms with E-state index in [1.165, 1.54) is 109 Å². The van der Waals surface area contributed by atoms with Crippen molar-refractivity contribution in [3.8, 4) is 0 Å². The van der Waals surface area contributed by atoms with Crippen LogP contribution in [0.1, 0.15) is 245 Å². The maximum atomic E-state index is 13.2. The fraction of sp³-hybridized carbons (Fsp3) is 0.724. The number of hydrogen-bond acceptors (Lipinski definition) is 5. The number of carbonyl (C=O) groups is 2. The van der Waals surface area contributed by atoms with Crippen LogP contribution in [0.15, 0.2) is 85.1 Å². The van der Waals surface area contributed by atoms with Gasteiger partial charge in [0.25, 0.3) is 0 Å². The van der Waals surface area contributed by atoms with E-state index in [2.05, 4.69) is 105 Å². The summed E-state index contributed by atoms with van der Waals surface area (Å²) >= 11 is 0. The molecule has 0 saturated heterocycles. The second-order valence-corrected chi connectivity index (χ2v) is 17.9. The molecule has 0 spiro atoms. The minimum atomic E-state index is -0.806. The summed E-state index contributed by atoms with van der Waals surface area (Å²) in [5.41, 5.74) is 0. The van der Waals surface area contributed by atoms with E-state index in [0.29, 0.717) is 19.3 Å². The Morgan fingerprint density at radius 2 is 0.844 bits per heavy atom. The number of nitrogens with one attached hydrogen (secondary N) is 1. The standard InChI is InChI=1S/C58H101NO5/c1-4-7-10-13-16-19-22-25-26-27-28-29-30-33-36-39-42-45-48-51-58(63)64-54(49-46-43-40-37-34-31-23-20-17-14-11-8-5-2)52-57(62)59-55(53-60)56(61)50-47-44-41-38-35-32-24-21-18-15-12-9-6-3/h7,10,16,19-20,23,25-26,28-29,33,36,42,45,54-56,60-61H,4-6,8-9,11-15,17-18,21-22,24,27,30-32,34-35,37-41,43-44,46-53H2,1-3H3,(H,59,62)/b10-7-,19-16-,23-20-,26-25-,29-28-,36-33-,45-42-. The van der Waals surface area contributed by atoms with Crippen molar-refractivity contribution in [2.75, 3.05) is 6.61 Å². The molecule has 0 aliphatic heterocycles. The minimum absolute atomic E-state index is 0.0384. The first kappa shape index (κ1) is 61.0. The van der Waals surface area contributed by atoms with E-state index in [1.807, 2.05) is 6.08 Å². The lowest BCUT2D eigenvalue weighted by Crippen LogP contribution is -2.46. The fourth-order valence-electron chi connectivity index (χ4n) is 7.69. The van der Waals surface area contributed by atoms with Gasteiger partial charge < -0.3 is 20.3 Å². The van der Waals surface area contributed by atoms with Gasteiger partial charge in [-0.05, 0) is 89.9 Å². The van der Waals surface area contributed by atoms with Gasteiger partial charge in [0, 0.05) is 6.42 Å². The normalized spacial score (nSPS) is 13.9. The predicted molar refractivity (Wildman–Crippen MR) is 278 cm³/mol. The summed E-state index contributed by atoms with van der Waals surface area (Å²) < 4.78 is 5.89. The van der Waals surface area contributed by atoms with Crippen LogP contribution in [0.5, 0.6) is 0 Å². The molecule has 0 aliphatic rings. The second kappa shape index (κ2) is 51.0. The van der Waals surface area contributed by atoms with E-state index >= 15 is 0 Å². The van der Waals surface area contributed by atoms with Crippen molar-refractivity contribution in [3.63, 3.8) is 0 Å². The molecule has 0 aromatic rings. The number of esters is 1. The number of amides is 1. The number of hydrogen-bond donors (Lipinski definition) is 3. The van der Waals surface area contributed by atoms with Crippen LogP contribution in [0.3, 0.4) is 0 Å². The first-order chi connectivity index (χ1) is 31.5. The molecule has 0 aromatic heterocycles. The molecule has 0 fully saturated rings. The molecular weight excluding hydrogens is 791 g/mol. The molecule has 0 aliphatic carbocycles. The van der Waals surface area contributed by atoms with Crippen LogP contribution in [-0.2, 0) is 14.3 Å². The van der Waals surface area contributed by atoms with E-state index in [0.717, 1.165) is 83.5 Å². The fourth-order valence-corrected chi connectivity index (χ4v) is 7.69. The first-order valence-corrected chi connectivity index (χ1v) is 26.8. The first-order valence-electron chi connectivity index (χ1n) is 26.8. The third-order valence-electron chi connectivity index (χ3n) is 11.7. The number of unbranched alkanes of at least 4 members (excludes halogenated alkanes) is 21. The maximum absolute atomic E-state index is 13.2. The Hall–Kier alpha value is -2.96. The summed E-state index contributed by atoms with van der Waals surface area (Å²) in [6, 6.07) is -0.723. The number of allylic oxidation sites excluding steroid dienone is 14. The van der Waals surface area contributed by atoms with Crippen LogP contribution in [0.25, 0.3) is 0 Å². The Labute approximate surface area is 395 Å². The zero-order valence-corrected chi connectivity index (χ0v) is 41.9. The molecule has 0 saturated carbocycles. The van der Waals surface area contributed by atoms with Gasteiger partial charge in [-0.2, -0.15) is 0 Å². The molecule has 0 bridgehead atoms. The van der Waals surface area contributed by atoms with E-state index in [4.69, 9.17) is 4.74 Å². The van der Waals surface area contributed by atoms with Gasteiger partial charge in [-0.3, -0.25) is 9.59 Å². The van der Waals surface area contributed by atoms with Crippen LogP contribution in [-0.4, -0.2) is 46.9 Å². The molecule has 6 heteroatoms. The highest BCUT2D eigenvalue weighted by Crippen LogP contribution is 2.17. The lowest BCUT2D eigenvalue weighted by molar-refractivity contribution is -0.150. The van der Waals surface area contributed by atoms with Gasteiger partial charge in [-0.15, -0.1) is 0 Å². The van der Waals surface area contributed by atoms with E-state index in [9.17, 15) is 19.8 Å². The van der Waals surface area contributed by atoms with Crippen molar-refractivity contribution in [1.82, 2.24) is 5.32 Å². The molecule has 3 atom stereocenters. The van der Waals surface area contributed by atoms with E-state index < -0.39 is 18.2 Å². The smallest absolute Gasteiger partial charge is 0.306 e. The highest BCUT2D eigenvalue weighted by Gasteiger charge is 2.24. The molecule has 0 radical (unpaired) electrons. The van der Waals surface area contributed by atoms with Crippen molar-refractivity contribution in [1.29, 1.82) is 0 Å². The average molecular weight is 892 g/mol. The SMILES string of the molecule is CC/C=C\C/C=C\C/C=C\C/C=C\C/C=C\C/C=C\CCC(=O)OC(CCCCCCC/C=C\CCCCCC)CC(=O)NC(CO)C(O)CCCCCCCCCCCCCCC. The van der Waals surface area contributed by atoms with Gasteiger partial charge >= 0.3 is 5.97 Å². The Bertz CT molecular complexity index is 1230. The van der Waals surface area contributed by atoms with Crippen molar-refractivity contribution in [3.05, 3.63) is 85.1 Å². The average Bonchev–Trinajstić information content (AvgIpc) is 3.29. The molecular formula is C58H101NO5. The van der Waals surface area contributed by atoms with Crippen LogP contribution in [0.2, 0.25) is 0 Å². The predicted octanol–water partition coefficient (Wildman–Crippen LogP) is 16.3. The van der Waals surface area contributed by atoms with Crippen molar-refractivity contribution in [2.45, 2.75) is 264 Å². The Balaban J connectivity index is 4.69. The van der Waals surface area contributed by atoms with Gasteiger partial charge in [0.05, 0.1) is 25.2 Å². The van der Waals surface area contributed by atoms with Gasteiger partial charge in [0.2, 0.25) is 5.91 Å². The van der Waals surface area contributed by atoms with Crippen molar-refractivity contribution >= 4 is 11.9 Å². The number of rotatable bonds is 47. The monoisotopic (exact) mass is 892 g/mol. The lowest BCUT2D eigenvalue weighted by atomic mass is 10.0. The summed E-state index contributed by atoms with van der Waals surface area (Å²) in [6.07, 6.45) is 66.5. The molecule has 6 nitrogen and oxygen atoms in total. The number of carbonyl (C=O) groups excluding carboxylic acids is 2. The van der Waals surface area contributed by atoms with Crippen LogP contribution >= 0.6 is 0 Å². The van der Waals surface area contributed by atoms with Crippen LogP contribution in [0, 0.1) is 0 Å². The Kier molecular flexibility index (Phi) is 48.7. The van der Waals surface area contributed by atoms with Gasteiger partial charge in [0.1, 0.15) is 6.10 Å². The number of ether oxygens (including phenoxy) is 1. The quantitative estimate of drug-likeness (QED) is 0.0321. The molecule has 0 rings (SSSR count). The molecule has 3 N–H and O–H groups in total. The Morgan fingerprint density at radius 1 is 0.469 bits per heavy atom. The number of aliphatic hydroxyl groups excluding tert-OH is 2. The summed E-state index contributed by atoms with van der Waals surface area (Å²) in [5.74, 6) is -0.584. The topological polar surface area (TPSA) is 95.9 Å². The Morgan fingerprint density at radius 3 is 1.30 bits per heavy atom. The zero-order chi connectivity index (χ0) is 46.7. The van der Waals surface area contributed by atoms with E-state index in [-0.39, 0.29) is 31.3 Å². The van der Waals surface area contributed by atoms with Gasteiger partial charge in [-0.1, -0.05) is 228 Å². The largest absolute Gasteiger partial charge is 0.462 e. The number of aliphatic hydroxyl groups is 2. The molecule has 368 valence electrons. The van der Waals surface area contributed by atoms with Gasteiger partial charge in [0.15, 0.2) is 0 Å². The third-order valence-corrected chi connectivity index (χ3v) is 11.7. The third kappa shape index (κ3) is 45.6. The molecule has 64 heavy (non-hydrogen) atoms.